The number of amides is 1. The number of hydrogen-bond donors (Lipinski definition) is 1. The van der Waals surface area contributed by atoms with E-state index in [0.29, 0.717) is 58.8 Å². The summed E-state index contributed by atoms with van der Waals surface area (Å²) in [5.74, 6) is -0.159. The molecular formula is C28H47NO8. The highest BCUT2D eigenvalue weighted by Crippen LogP contribution is 2.59. The SMILES string of the molecule is CCCC(=O)NCCOCCOCCCC(=O)OC1CC[C@]2(CO2)C([C@@]2(C)O[C@@H]2CC=C(C)C)C1OC. The topological polar surface area (TPSA) is 108 Å². The number of rotatable bonds is 17. The Morgan fingerprint density at radius 1 is 1.11 bits per heavy atom. The van der Waals surface area contributed by atoms with Crippen LogP contribution in [-0.4, -0.2) is 88.1 Å². The van der Waals surface area contributed by atoms with Crippen molar-refractivity contribution in [3.05, 3.63) is 11.6 Å². The van der Waals surface area contributed by atoms with E-state index in [0.717, 1.165) is 25.7 Å². The molecule has 0 aromatic heterocycles. The summed E-state index contributed by atoms with van der Waals surface area (Å²) in [5.41, 5.74) is 0.707. The van der Waals surface area contributed by atoms with Crippen molar-refractivity contribution in [3.63, 3.8) is 0 Å². The molecule has 3 unspecified atom stereocenters. The van der Waals surface area contributed by atoms with Gasteiger partial charge in [-0.3, -0.25) is 9.59 Å². The summed E-state index contributed by atoms with van der Waals surface area (Å²) in [4.78, 5) is 24.0. The fraction of sp³-hybridized carbons (Fsp3) is 0.857. The highest BCUT2D eigenvalue weighted by molar-refractivity contribution is 5.75. The summed E-state index contributed by atoms with van der Waals surface area (Å²) in [5, 5.41) is 2.80. The van der Waals surface area contributed by atoms with Gasteiger partial charge in [-0.15, -0.1) is 0 Å². The molecule has 1 N–H and O–H groups in total. The second kappa shape index (κ2) is 14.0. The molecular weight excluding hydrogens is 478 g/mol. The van der Waals surface area contributed by atoms with Gasteiger partial charge in [0.05, 0.1) is 38.4 Å². The van der Waals surface area contributed by atoms with E-state index in [9.17, 15) is 9.59 Å². The zero-order valence-corrected chi connectivity index (χ0v) is 23.3. The summed E-state index contributed by atoms with van der Waals surface area (Å²) in [6.45, 7) is 11.3. The van der Waals surface area contributed by atoms with Crippen LogP contribution in [0.1, 0.15) is 72.6 Å². The molecule has 6 atom stereocenters. The predicted molar refractivity (Wildman–Crippen MR) is 138 cm³/mol. The number of epoxide rings is 2. The van der Waals surface area contributed by atoms with E-state index < -0.39 is 0 Å². The first-order valence-corrected chi connectivity index (χ1v) is 13.9. The van der Waals surface area contributed by atoms with Crippen LogP contribution >= 0.6 is 0 Å². The molecule has 0 radical (unpaired) electrons. The standard InChI is InChI=1S/C28H47NO8/c1-6-8-23(30)29-14-16-34-18-17-33-15-7-9-24(31)36-21-12-13-28(19-35-28)26(25(21)32-5)27(4)22(37-27)11-10-20(2)3/h10,21-22,25-26H,6-9,11-19H2,1-5H3,(H,29,30)/t21?,22-,25?,26?,27+,28+/m1/s1. The third-order valence-corrected chi connectivity index (χ3v) is 7.61. The molecule has 212 valence electrons. The van der Waals surface area contributed by atoms with Crippen molar-refractivity contribution in [3.8, 4) is 0 Å². The molecule has 1 amide bonds. The zero-order valence-electron chi connectivity index (χ0n) is 23.3. The van der Waals surface area contributed by atoms with Crippen LogP contribution in [0.4, 0.5) is 0 Å². The van der Waals surface area contributed by atoms with Crippen LogP contribution in [-0.2, 0) is 38.0 Å². The molecule has 1 aliphatic carbocycles. The van der Waals surface area contributed by atoms with E-state index in [1.54, 1.807) is 7.11 Å². The lowest BCUT2D eigenvalue weighted by atomic mass is 9.68. The van der Waals surface area contributed by atoms with Crippen LogP contribution in [0.15, 0.2) is 11.6 Å². The number of carbonyl (C=O) groups excluding carboxylic acids is 2. The van der Waals surface area contributed by atoms with Crippen LogP contribution in [0.2, 0.25) is 0 Å². The molecule has 3 aliphatic rings. The van der Waals surface area contributed by atoms with Gasteiger partial charge in [0.15, 0.2) is 0 Å². The smallest absolute Gasteiger partial charge is 0.306 e. The van der Waals surface area contributed by atoms with Gasteiger partial charge in [0.1, 0.15) is 23.4 Å². The number of carbonyl (C=O) groups is 2. The molecule has 0 aromatic rings. The monoisotopic (exact) mass is 525 g/mol. The molecule has 3 fully saturated rings. The van der Waals surface area contributed by atoms with Crippen LogP contribution in [0.5, 0.6) is 0 Å². The van der Waals surface area contributed by atoms with Gasteiger partial charge in [-0.05, 0) is 52.9 Å². The van der Waals surface area contributed by atoms with Gasteiger partial charge in [0.2, 0.25) is 5.91 Å². The molecule has 2 aliphatic heterocycles. The molecule has 0 aromatic carbocycles. The third kappa shape index (κ3) is 8.48. The van der Waals surface area contributed by atoms with Crippen LogP contribution in [0.25, 0.3) is 0 Å². The minimum Gasteiger partial charge on any atom is -0.460 e. The van der Waals surface area contributed by atoms with Gasteiger partial charge in [-0.1, -0.05) is 18.6 Å². The Morgan fingerprint density at radius 3 is 2.49 bits per heavy atom. The third-order valence-electron chi connectivity index (χ3n) is 7.61. The Morgan fingerprint density at radius 2 is 1.84 bits per heavy atom. The molecule has 1 spiro atoms. The predicted octanol–water partition coefficient (Wildman–Crippen LogP) is 3.34. The molecule has 37 heavy (non-hydrogen) atoms. The van der Waals surface area contributed by atoms with Crippen molar-refractivity contribution in [2.24, 2.45) is 5.92 Å². The Balaban J connectivity index is 1.34. The van der Waals surface area contributed by atoms with Gasteiger partial charge < -0.3 is 33.7 Å². The second-order valence-corrected chi connectivity index (χ2v) is 10.8. The normalized spacial score (nSPS) is 32.1. The van der Waals surface area contributed by atoms with Crippen molar-refractivity contribution < 1.29 is 38.0 Å². The molecule has 1 saturated carbocycles. The van der Waals surface area contributed by atoms with Gasteiger partial charge in [0, 0.05) is 33.1 Å². The van der Waals surface area contributed by atoms with Crippen LogP contribution in [0.3, 0.4) is 0 Å². The van der Waals surface area contributed by atoms with Gasteiger partial charge in [-0.2, -0.15) is 0 Å². The molecule has 9 nitrogen and oxygen atoms in total. The fourth-order valence-corrected chi connectivity index (χ4v) is 5.52. The number of esters is 1. The minimum atomic E-state index is -0.342. The second-order valence-electron chi connectivity index (χ2n) is 10.8. The number of allylic oxidation sites excluding steroid dienone is 1. The Hall–Kier alpha value is -1.52. The highest BCUT2D eigenvalue weighted by atomic mass is 16.6. The van der Waals surface area contributed by atoms with Crippen molar-refractivity contribution in [1.82, 2.24) is 5.32 Å². The summed E-state index contributed by atoms with van der Waals surface area (Å²) >= 11 is 0. The maximum absolute atomic E-state index is 12.6. The van der Waals surface area contributed by atoms with Crippen molar-refractivity contribution in [2.75, 3.05) is 46.7 Å². The van der Waals surface area contributed by atoms with Crippen molar-refractivity contribution in [2.45, 2.75) is 102 Å². The van der Waals surface area contributed by atoms with E-state index in [2.05, 4.69) is 32.2 Å². The molecule has 0 bridgehead atoms. The van der Waals surface area contributed by atoms with E-state index in [4.69, 9.17) is 28.4 Å². The molecule has 2 saturated heterocycles. The lowest BCUT2D eigenvalue weighted by molar-refractivity contribution is -0.172. The quantitative estimate of drug-likeness (QED) is 0.133. The van der Waals surface area contributed by atoms with Crippen molar-refractivity contribution in [1.29, 1.82) is 0 Å². The average Bonchev–Trinajstić information content (AvgIpc) is 3.77. The zero-order chi connectivity index (χ0) is 26.9. The number of ether oxygens (including phenoxy) is 6. The largest absolute Gasteiger partial charge is 0.460 e. The molecule has 2 heterocycles. The van der Waals surface area contributed by atoms with E-state index in [1.165, 1.54) is 5.57 Å². The fourth-order valence-electron chi connectivity index (χ4n) is 5.52. The first kappa shape index (κ1) is 30.0. The molecule has 9 heteroatoms. The average molecular weight is 526 g/mol. The Labute approximate surface area is 221 Å². The van der Waals surface area contributed by atoms with Gasteiger partial charge >= 0.3 is 5.97 Å². The number of nitrogens with one attached hydrogen (secondary N) is 1. The molecule has 3 rings (SSSR count). The lowest BCUT2D eigenvalue weighted by Crippen LogP contribution is -2.55. The van der Waals surface area contributed by atoms with Crippen LogP contribution in [0, 0.1) is 5.92 Å². The number of hydrogen-bond acceptors (Lipinski definition) is 8. The lowest BCUT2D eigenvalue weighted by Gasteiger charge is -2.42. The first-order valence-electron chi connectivity index (χ1n) is 13.9. The Bertz CT molecular complexity index is 778. The van der Waals surface area contributed by atoms with E-state index >= 15 is 0 Å². The van der Waals surface area contributed by atoms with Gasteiger partial charge in [0.25, 0.3) is 0 Å². The minimum absolute atomic E-state index is 0.0235. The van der Waals surface area contributed by atoms with E-state index in [-0.39, 0.29) is 47.3 Å². The summed E-state index contributed by atoms with van der Waals surface area (Å²) in [6, 6.07) is 0. The maximum Gasteiger partial charge on any atom is 0.306 e. The van der Waals surface area contributed by atoms with Gasteiger partial charge in [-0.25, -0.2) is 0 Å². The van der Waals surface area contributed by atoms with E-state index in [1.807, 2.05) is 6.92 Å². The Kier molecular flexibility index (Phi) is 11.4. The summed E-state index contributed by atoms with van der Waals surface area (Å²) in [6.07, 6.45) is 6.45. The summed E-state index contributed by atoms with van der Waals surface area (Å²) in [7, 11) is 1.69. The van der Waals surface area contributed by atoms with Crippen LogP contribution < -0.4 is 5.32 Å². The first-order chi connectivity index (χ1) is 17.8. The van der Waals surface area contributed by atoms with Crippen molar-refractivity contribution >= 4 is 11.9 Å². The maximum atomic E-state index is 12.6. The summed E-state index contributed by atoms with van der Waals surface area (Å²) < 4.78 is 35.0. The number of methoxy groups -OCH3 is 1. The highest BCUT2D eigenvalue weighted by Gasteiger charge is 2.72.